The summed E-state index contributed by atoms with van der Waals surface area (Å²) in [6, 6.07) is 10.4. The molecular weight excluding hydrogens is 284 g/mol. The van der Waals surface area contributed by atoms with Crippen molar-refractivity contribution < 1.29 is 24.5 Å². The van der Waals surface area contributed by atoms with E-state index < -0.39 is 11.9 Å². The number of cyclic esters (lactones) is 2. The quantitative estimate of drug-likeness (QED) is 0.443. The van der Waals surface area contributed by atoms with Crippen LogP contribution < -0.4 is 0 Å². The Hall–Kier alpha value is -2.53. The second-order valence-electron chi connectivity index (χ2n) is 3.86. The molecule has 0 aliphatic carbocycles. The summed E-state index contributed by atoms with van der Waals surface area (Å²) < 4.78 is 4.35. The van der Waals surface area contributed by atoms with E-state index in [0.717, 1.165) is 0 Å². The van der Waals surface area contributed by atoms with E-state index in [1.54, 1.807) is 12.1 Å². The normalized spacial score (nSPS) is 12.2. The Balaban J connectivity index is 0.000000160. The van der Waals surface area contributed by atoms with Gasteiger partial charge in [0, 0.05) is 0 Å². The molecule has 1 aliphatic heterocycles. The van der Waals surface area contributed by atoms with Gasteiger partial charge in [0.2, 0.25) is 0 Å². The molecule has 102 valence electrons. The van der Waals surface area contributed by atoms with Crippen molar-refractivity contribution >= 4 is 23.5 Å². The lowest BCUT2D eigenvalue weighted by molar-refractivity contribution is 0.0444. The van der Waals surface area contributed by atoms with Crippen LogP contribution in [0.25, 0.3) is 0 Å². The van der Waals surface area contributed by atoms with E-state index in [-0.39, 0.29) is 27.6 Å². The van der Waals surface area contributed by atoms with Gasteiger partial charge >= 0.3 is 11.9 Å². The van der Waals surface area contributed by atoms with E-state index in [1.807, 2.05) is 0 Å². The Labute approximate surface area is 119 Å². The van der Waals surface area contributed by atoms with Gasteiger partial charge in [0.1, 0.15) is 11.5 Å². The molecule has 1 aliphatic rings. The zero-order chi connectivity index (χ0) is 14.7. The highest BCUT2D eigenvalue weighted by molar-refractivity contribution is 6.35. The van der Waals surface area contributed by atoms with Crippen LogP contribution in [0, 0.1) is 0 Å². The topological polar surface area (TPSA) is 83.8 Å². The third-order valence-electron chi connectivity index (χ3n) is 2.47. The van der Waals surface area contributed by atoms with Crippen molar-refractivity contribution in [3.63, 3.8) is 0 Å². The van der Waals surface area contributed by atoms with Crippen LogP contribution in [0.15, 0.2) is 42.5 Å². The number of carbonyl (C=O) groups excluding carboxylic acids is 2. The van der Waals surface area contributed by atoms with Crippen LogP contribution in [0.3, 0.4) is 0 Å². The number of rotatable bonds is 0. The molecule has 0 unspecified atom stereocenters. The van der Waals surface area contributed by atoms with E-state index in [9.17, 15) is 9.59 Å². The molecule has 1 heterocycles. The highest BCUT2D eigenvalue weighted by Gasteiger charge is 2.31. The number of carbonyl (C=O) groups is 2. The van der Waals surface area contributed by atoms with E-state index in [2.05, 4.69) is 4.74 Å². The van der Waals surface area contributed by atoms with Gasteiger partial charge in [-0.15, -0.1) is 0 Å². The summed E-state index contributed by atoms with van der Waals surface area (Å²) in [6.45, 7) is 0. The lowest BCUT2D eigenvalue weighted by Crippen LogP contribution is -1.97. The van der Waals surface area contributed by atoms with Crippen molar-refractivity contribution in [2.45, 2.75) is 0 Å². The molecule has 0 saturated carbocycles. The predicted molar refractivity (Wildman–Crippen MR) is 71.0 cm³/mol. The Morgan fingerprint density at radius 1 is 0.850 bits per heavy atom. The number of ether oxygens (including phenoxy) is 1. The molecule has 3 rings (SSSR count). The van der Waals surface area contributed by atoms with Crippen molar-refractivity contribution in [3.05, 3.63) is 58.6 Å². The number of phenolic OH excluding ortho intramolecular Hbond substituents is 2. The van der Waals surface area contributed by atoms with Gasteiger partial charge in [-0.3, -0.25) is 0 Å². The zero-order valence-electron chi connectivity index (χ0n) is 10.0. The van der Waals surface area contributed by atoms with Gasteiger partial charge in [0.05, 0.1) is 16.1 Å². The standard InChI is InChI=1S/C8H3ClO3.C6H6O2/c9-5-3-1-2-4-6(5)8(11)12-7(4)10;7-5-1-2-6(8)4-3-5/h1-3H;1-4,7-8H. The number of phenols is 2. The molecule has 6 heteroatoms. The number of benzene rings is 2. The summed E-state index contributed by atoms with van der Waals surface area (Å²) in [6.07, 6.45) is 0. The van der Waals surface area contributed by atoms with Gasteiger partial charge in [0.15, 0.2) is 0 Å². The van der Waals surface area contributed by atoms with Crippen LogP contribution in [0.2, 0.25) is 5.02 Å². The van der Waals surface area contributed by atoms with Crippen molar-refractivity contribution in [2.75, 3.05) is 0 Å². The minimum Gasteiger partial charge on any atom is -0.508 e. The Kier molecular flexibility index (Phi) is 3.91. The van der Waals surface area contributed by atoms with Crippen LogP contribution in [0.1, 0.15) is 20.7 Å². The van der Waals surface area contributed by atoms with Gasteiger partial charge in [-0.2, -0.15) is 0 Å². The third kappa shape index (κ3) is 2.89. The van der Waals surface area contributed by atoms with Crippen LogP contribution in [0.5, 0.6) is 11.5 Å². The number of fused-ring (bicyclic) bond motifs is 1. The summed E-state index contributed by atoms with van der Waals surface area (Å²) in [5, 5.41) is 17.5. The predicted octanol–water partition coefficient (Wildman–Crippen LogP) is 2.75. The Morgan fingerprint density at radius 2 is 1.40 bits per heavy atom. The lowest BCUT2D eigenvalue weighted by atomic mass is 10.1. The molecule has 0 amide bonds. The highest BCUT2D eigenvalue weighted by atomic mass is 35.5. The minimum atomic E-state index is -0.666. The first-order chi connectivity index (χ1) is 9.49. The number of hydrogen-bond donors (Lipinski definition) is 2. The highest BCUT2D eigenvalue weighted by Crippen LogP contribution is 2.26. The van der Waals surface area contributed by atoms with Crippen LogP contribution in [0.4, 0.5) is 0 Å². The molecule has 0 aromatic heterocycles. The van der Waals surface area contributed by atoms with Gasteiger partial charge in [-0.1, -0.05) is 17.7 Å². The van der Waals surface area contributed by atoms with Crippen molar-refractivity contribution in [2.24, 2.45) is 0 Å². The van der Waals surface area contributed by atoms with E-state index >= 15 is 0 Å². The fourth-order valence-electron chi connectivity index (χ4n) is 1.54. The molecule has 0 saturated heterocycles. The summed E-state index contributed by atoms with van der Waals surface area (Å²) in [5.41, 5.74) is 0.414. The average molecular weight is 293 g/mol. The second-order valence-corrected chi connectivity index (χ2v) is 4.26. The minimum absolute atomic E-state index is 0.169. The maximum absolute atomic E-state index is 11.0. The molecule has 20 heavy (non-hydrogen) atoms. The Bertz CT molecular complexity index is 643. The third-order valence-corrected chi connectivity index (χ3v) is 2.79. The molecule has 0 atom stereocenters. The van der Waals surface area contributed by atoms with E-state index in [1.165, 1.54) is 30.3 Å². The SMILES string of the molecule is O=C1OC(=O)c2c(Cl)cccc21.Oc1ccc(O)cc1. The molecule has 5 nitrogen and oxygen atoms in total. The van der Waals surface area contributed by atoms with Crippen molar-refractivity contribution in [1.82, 2.24) is 0 Å². The van der Waals surface area contributed by atoms with Gasteiger partial charge < -0.3 is 14.9 Å². The van der Waals surface area contributed by atoms with E-state index in [4.69, 9.17) is 21.8 Å². The molecule has 2 N–H and O–H groups in total. The zero-order valence-corrected chi connectivity index (χ0v) is 10.8. The molecule has 2 aromatic carbocycles. The van der Waals surface area contributed by atoms with Crippen LogP contribution in [-0.4, -0.2) is 22.2 Å². The monoisotopic (exact) mass is 292 g/mol. The fourth-order valence-corrected chi connectivity index (χ4v) is 1.80. The van der Waals surface area contributed by atoms with Gasteiger partial charge in [-0.25, -0.2) is 9.59 Å². The summed E-state index contributed by atoms with van der Waals surface area (Å²) in [4.78, 5) is 21.9. The van der Waals surface area contributed by atoms with Crippen molar-refractivity contribution in [3.8, 4) is 11.5 Å². The molecule has 0 fully saturated rings. The van der Waals surface area contributed by atoms with Gasteiger partial charge in [-0.05, 0) is 36.4 Å². The number of esters is 2. The average Bonchev–Trinajstić information content (AvgIpc) is 2.71. The maximum Gasteiger partial charge on any atom is 0.348 e. The molecule has 0 bridgehead atoms. The number of aromatic hydroxyl groups is 2. The molecule has 2 aromatic rings. The fraction of sp³-hybridized carbons (Fsp3) is 0. The molecule has 0 radical (unpaired) electrons. The largest absolute Gasteiger partial charge is 0.508 e. The number of halogens is 1. The lowest BCUT2D eigenvalue weighted by Gasteiger charge is -1.92. The number of hydrogen-bond acceptors (Lipinski definition) is 5. The second kappa shape index (κ2) is 5.63. The molecule has 0 spiro atoms. The maximum atomic E-state index is 11.0. The first-order valence-corrected chi connectivity index (χ1v) is 5.90. The smallest absolute Gasteiger partial charge is 0.348 e. The van der Waals surface area contributed by atoms with Gasteiger partial charge in [0.25, 0.3) is 0 Å². The first-order valence-electron chi connectivity index (χ1n) is 5.52. The summed E-state index contributed by atoms with van der Waals surface area (Å²) >= 11 is 5.68. The first kappa shape index (κ1) is 13.9. The van der Waals surface area contributed by atoms with Crippen LogP contribution >= 0.6 is 11.6 Å². The molecular formula is C14H9ClO5. The summed E-state index contributed by atoms with van der Waals surface area (Å²) in [7, 11) is 0. The van der Waals surface area contributed by atoms with Crippen molar-refractivity contribution in [1.29, 1.82) is 0 Å². The Morgan fingerprint density at radius 3 is 1.90 bits per heavy atom. The van der Waals surface area contributed by atoms with Crippen LogP contribution in [-0.2, 0) is 4.74 Å². The summed E-state index contributed by atoms with van der Waals surface area (Å²) in [5.74, 6) is -0.955. The van der Waals surface area contributed by atoms with E-state index in [0.29, 0.717) is 0 Å².